The van der Waals surface area contributed by atoms with E-state index in [1.54, 1.807) is 11.3 Å². The monoisotopic (exact) mass is 309 g/mol. The fraction of sp³-hybridized carbons (Fsp3) is 0.688. The van der Waals surface area contributed by atoms with E-state index < -0.39 is 0 Å². The van der Waals surface area contributed by atoms with Crippen LogP contribution in [0.15, 0.2) is 16.8 Å². The van der Waals surface area contributed by atoms with E-state index in [0.717, 1.165) is 19.3 Å². The Balaban J connectivity index is 1.36. The molecular formula is C16H23NO3S. The van der Waals surface area contributed by atoms with Crippen LogP contribution in [0.25, 0.3) is 0 Å². The summed E-state index contributed by atoms with van der Waals surface area (Å²) < 4.78 is 11.9. The van der Waals surface area contributed by atoms with Crippen LogP contribution in [0.3, 0.4) is 0 Å². The second-order valence-electron chi connectivity index (χ2n) is 5.96. The average Bonchev–Trinajstić information content (AvgIpc) is 3.14. The number of carbonyl (C=O) groups is 1. The number of hydrogen-bond donors (Lipinski definition) is 1. The molecule has 116 valence electrons. The van der Waals surface area contributed by atoms with Crippen molar-refractivity contribution >= 4 is 17.2 Å². The van der Waals surface area contributed by atoms with E-state index in [1.807, 2.05) is 5.38 Å². The van der Waals surface area contributed by atoms with E-state index in [9.17, 15) is 4.79 Å². The van der Waals surface area contributed by atoms with Gasteiger partial charge in [-0.3, -0.25) is 4.79 Å². The molecule has 0 bridgehead atoms. The van der Waals surface area contributed by atoms with E-state index in [4.69, 9.17) is 9.47 Å². The van der Waals surface area contributed by atoms with Gasteiger partial charge in [0.2, 0.25) is 5.91 Å². The molecule has 1 aliphatic heterocycles. The molecule has 0 radical (unpaired) electrons. The highest BCUT2D eigenvalue weighted by molar-refractivity contribution is 7.07. The van der Waals surface area contributed by atoms with Crippen LogP contribution >= 0.6 is 11.3 Å². The molecule has 1 aromatic heterocycles. The second-order valence-corrected chi connectivity index (χ2v) is 6.74. The molecule has 2 heterocycles. The Hall–Kier alpha value is -0.910. The quantitative estimate of drug-likeness (QED) is 0.910. The predicted molar refractivity (Wildman–Crippen MR) is 82.3 cm³/mol. The van der Waals surface area contributed by atoms with Crippen LogP contribution in [0.1, 0.15) is 44.1 Å². The summed E-state index contributed by atoms with van der Waals surface area (Å²) in [7, 11) is 0. The number of hydrogen-bond acceptors (Lipinski definition) is 4. The minimum atomic E-state index is -0.343. The van der Waals surface area contributed by atoms with Crippen molar-refractivity contribution in [1.29, 1.82) is 0 Å². The molecule has 2 aliphatic rings. The highest BCUT2D eigenvalue weighted by Gasteiger charge is 2.42. The Morgan fingerprint density at radius 2 is 2.24 bits per heavy atom. The van der Waals surface area contributed by atoms with E-state index >= 15 is 0 Å². The first kappa shape index (κ1) is 15.0. The second kappa shape index (κ2) is 6.90. The molecule has 1 N–H and O–H groups in total. The van der Waals surface area contributed by atoms with Gasteiger partial charge in [0.25, 0.3) is 0 Å². The van der Waals surface area contributed by atoms with Gasteiger partial charge in [0.15, 0.2) is 5.79 Å². The Bertz CT molecular complexity index is 454. The van der Waals surface area contributed by atoms with Crippen LogP contribution < -0.4 is 5.32 Å². The van der Waals surface area contributed by atoms with Gasteiger partial charge in [-0.25, -0.2) is 0 Å². The third kappa shape index (κ3) is 4.05. The Labute approximate surface area is 129 Å². The van der Waals surface area contributed by atoms with Gasteiger partial charge >= 0.3 is 0 Å². The number of ether oxygens (including phenoxy) is 2. The molecule has 1 aromatic rings. The Morgan fingerprint density at radius 1 is 1.38 bits per heavy atom. The van der Waals surface area contributed by atoms with E-state index in [-0.39, 0.29) is 17.8 Å². The summed E-state index contributed by atoms with van der Waals surface area (Å²) >= 11 is 1.67. The lowest BCUT2D eigenvalue weighted by Gasteiger charge is -2.31. The molecule has 1 spiro atoms. The summed E-state index contributed by atoms with van der Waals surface area (Å²) in [6.07, 6.45) is 6.98. The molecule has 1 saturated carbocycles. The van der Waals surface area contributed by atoms with Crippen molar-refractivity contribution in [3.63, 3.8) is 0 Å². The summed E-state index contributed by atoms with van der Waals surface area (Å²) in [5, 5.41) is 7.10. The summed E-state index contributed by atoms with van der Waals surface area (Å²) in [6, 6.07) is 2.07. The van der Waals surface area contributed by atoms with Crippen molar-refractivity contribution in [2.45, 2.75) is 56.8 Å². The number of rotatable bonds is 5. The zero-order valence-corrected chi connectivity index (χ0v) is 13.1. The van der Waals surface area contributed by atoms with Gasteiger partial charge in [-0.05, 0) is 41.7 Å². The molecule has 1 amide bonds. The zero-order valence-electron chi connectivity index (χ0n) is 12.3. The summed E-state index contributed by atoms with van der Waals surface area (Å²) in [4.78, 5) is 11.9. The maximum atomic E-state index is 11.9. The highest BCUT2D eigenvalue weighted by atomic mass is 32.1. The lowest BCUT2D eigenvalue weighted by atomic mass is 9.94. The van der Waals surface area contributed by atoms with Gasteiger partial charge in [-0.15, -0.1) is 0 Å². The summed E-state index contributed by atoms with van der Waals surface area (Å²) in [6.45, 7) is 1.16. The van der Waals surface area contributed by atoms with Crippen molar-refractivity contribution in [2.75, 3.05) is 13.2 Å². The SMILES string of the molecule is O=C(CCc1ccsc1)NCC1COC2(CCCCC2)O1. The molecular weight excluding hydrogens is 286 g/mol. The lowest BCUT2D eigenvalue weighted by molar-refractivity contribution is -0.186. The molecule has 5 heteroatoms. The number of carbonyl (C=O) groups excluding carboxylic acids is 1. The maximum Gasteiger partial charge on any atom is 0.220 e. The number of aryl methyl sites for hydroxylation is 1. The molecule has 3 rings (SSSR count). The first-order valence-electron chi connectivity index (χ1n) is 7.85. The lowest BCUT2D eigenvalue weighted by Crippen LogP contribution is -2.37. The Morgan fingerprint density at radius 3 is 3.00 bits per heavy atom. The van der Waals surface area contributed by atoms with Crippen molar-refractivity contribution < 1.29 is 14.3 Å². The van der Waals surface area contributed by atoms with Crippen molar-refractivity contribution in [3.8, 4) is 0 Å². The number of nitrogens with one attached hydrogen (secondary N) is 1. The van der Waals surface area contributed by atoms with Gasteiger partial charge in [0, 0.05) is 25.8 Å². The van der Waals surface area contributed by atoms with Gasteiger partial charge in [-0.2, -0.15) is 11.3 Å². The van der Waals surface area contributed by atoms with Crippen LogP contribution in [-0.4, -0.2) is 30.9 Å². The third-order valence-corrected chi connectivity index (χ3v) is 5.01. The standard InChI is InChI=1S/C16H23NO3S/c18-15(5-4-13-6-9-21-12-13)17-10-14-11-19-16(20-14)7-2-1-3-8-16/h6,9,12,14H,1-5,7-8,10-11H2,(H,17,18). The topological polar surface area (TPSA) is 47.6 Å². The zero-order chi connectivity index (χ0) is 14.5. The number of amides is 1. The van der Waals surface area contributed by atoms with Gasteiger partial charge < -0.3 is 14.8 Å². The average molecular weight is 309 g/mol. The largest absolute Gasteiger partial charge is 0.353 e. The maximum absolute atomic E-state index is 11.9. The predicted octanol–water partition coefficient (Wildman–Crippen LogP) is 2.87. The molecule has 1 saturated heterocycles. The minimum Gasteiger partial charge on any atom is -0.353 e. The minimum absolute atomic E-state index is 0.00759. The van der Waals surface area contributed by atoms with Crippen LogP contribution in [-0.2, 0) is 20.7 Å². The van der Waals surface area contributed by atoms with Gasteiger partial charge in [-0.1, -0.05) is 6.42 Å². The molecule has 21 heavy (non-hydrogen) atoms. The van der Waals surface area contributed by atoms with Crippen LogP contribution in [0.5, 0.6) is 0 Å². The third-order valence-electron chi connectivity index (χ3n) is 4.28. The molecule has 2 fully saturated rings. The molecule has 1 atom stereocenters. The molecule has 0 aromatic carbocycles. The molecule has 1 unspecified atom stereocenters. The van der Waals surface area contributed by atoms with E-state index in [0.29, 0.717) is 19.6 Å². The smallest absolute Gasteiger partial charge is 0.220 e. The summed E-state index contributed by atoms with van der Waals surface area (Å²) in [5.74, 6) is -0.251. The van der Waals surface area contributed by atoms with Crippen LogP contribution in [0.2, 0.25) is 0 Å². The van der Waals surface area contributed by atoms with E-state index in [1.165, 1.54) is 24.8 Å². The normalized spacial score (nSPS) is 24.3. The fourth-order valence-corrected chi connectivity index (χ4v) is 3.78. The molecule has 4 nitrogen and oxygen atoms in total. The van der Waals surface area contributed by atoms with E-state index in [2.05, 4.69) is 16.8 Å². The van der Waals surface area contributed by atoms with Gasteiger partial charge in [0.1, 0.15) is 6.10 Å². The van der Waals surface area contributed by atoms with Crippen LogP contribution in [0, 0.1) is 0 Å². The van der Waals surface area contributed by atoms with Crippen molar-refractivity contribution in [3.05, 3.63) is 22.4 Å². The van der Waals surface area contributed by atoms with Crippen molar-refractivity contribution in [1.82, 2.24) is 5.32 Å². The first-order valence-corrected chi connectivity index (χ1v) is 8.80. The number of thiophene rings is 1. The summed E-state index contributed by atoms with van der Waals surface area (Å²) in [5.41, 5.74) is 1.23. The fourth-order valence-electron chi connectivity index (χ4n) is 3.08. The molecule has 1 aliphatic carbocycles. The Kier molecular flexibility index (Phi) is 4.93. The highest BCUT2D eigenvalue weighted by Crippen LogP contribution is 2.37. The van der Waals surface area contributed by atoms with Crippen molar-refractivity contribution in [2.24, 2.45) is 0 Å². The first-order chi connectivity index (χ1) is 10.3. The van der Waals surface area contributed by atoms with Crippen LogP contribution in [0.4, 0.5) is 0 Å². The van der Waals surface area contributed by atoms with Gasteiger partial charge in [0.05, 0.1) is 6.61 Å².